The van der Waals surface area contributed by atoms with Crippen molar-refractivity contribution in [3.8, 4) is 0 Å². The van der Waals surface area contributed by atoms with Crippen molar-refractivity contribution in [2.75, 3.05) is 20.6 Å². The third-order valence-corrected chi connectivity index (χ3v) is 4.32. The normalized spacial score (nSPS) is 12.7. The first-order valence-corrected chi connectivity index (χ1v) is 7.98. The van der Waals surface area contributed by atoms with Crippen LogP contribution in [0.1, 0.15) is 27.9 Å². The second-order valence-corrected chi connectivity index (χ2v) is 6.21. The van der Waals surface area contributed by atoms with E-state index in [2.05, 4.69) is 25.8 Å². The van der Waals surface area contributed by atoms with Crippen molar-refractivity contribution in [2.45, 2.75) is 13.0 Å². The van der Waals surface area contributed by atoms with Gasteiger partial charge in [0, 0.05) is 31.7 Å². The molecule has 1 amide bonds. The van der Waals surface area contributed by atoms with Crippen LogP contribution in [-0.4, -0.2) is 45.4 Å². The summed E-state index contributed by atoms with van der Waals surface area (Å²) in [5, 5.41) is 3.06. The first kappa shape index (κ1) is 16.3. The fourth-order valence-electron chi connectivity index (χ4n) is 3.03. The number of amides is 1. The molecular formula is C18H23N5O. The summed E-state index contributed by atoms with van der Waals surface area (Å²) in [5.74, 6) is -0.104. The molecule has 0 saturated carbocycles. The Morgan fingerprint density at radius 1 is 1.25 bits per heavy atom. The van der Waals surface area contributed by atoms with Crippen LogP contribution in [0.5, 0.6) is 0 Å². The average molecular weight is 325 g/mol. The molecule has 1 N–H and O–H groups in total. The van der Waals surface area contributed by atoms with Crippen LogP contribution >= 0.6 is 0 Å². The zero-order valence-electron chi connectivity index (χ0n) is 14.5. The summed E-state index contributed by atoms with van der Waals surface area (Å²) in [6, 6.07) is 9.92. The summed E-state index contributed by atoms with van der Waals surface area (Å²) in [5.41, 5.74) is 3.27. The van der Waals surface area contributed by atoms with Crippen LogP contribution in [0, 0.1) is 6.92 Å². The number of carbonyl (C=O) groups excluding carboxylic acids is 1. The molecule has 1 atom stereocenters. The SMILES string of the molecule is Cc1nc2ccccn2c1C(=O)NC[C@H](c1cccn1C)N(C)C. The highest BCUT2D eigenvalue weighted by molar-refractivity contribution is 5.94. The fourth-order valence-corrected chi connectivity index (χ4v) is 3.03. The van der Waals surface area contributed by atoms with Crippen molar-refractivity contribution in [1.29, 1.82) is 0 Å². The second-order valence-electron chi connectivity index (χ2n) is 6.21. The van der Waals surface area contributed by atoms with Gasteiger partial charge < -0.3 is 9.88 Å². The molecule has 3 aromatic rings. The van der Waals surface area contributed by atoms with Crippen molar-refractivity contribution in [2.24, 2.45) is 7.05 Å². The standard InChI is InChI=1S/C18H23N5O/c1-13-17(23-11-6-5-9-16(23)20-13)18(24)19-12-15(21(2)3)14-8-7-10-22(14)4/h5-11,15H,12H2,1-4H3,(H,19,24)/t15-/m1/s1. The maximum Gasteiger partial charge on any atom is 0.270 e. The van der Waals surface area contributed by atoms with E-state index in [0.29, 0.717) is 12.2 Å². The van der Waals surface area contributed by atoms with E-state index in [1.807, 2.05) is 69.1 Å². The van der Waals surface area contributed by atoms with Gasteiger partial charge in [0.05, 0.1) is 11.7 Å². The van der Waals surface area contributed by atoms with Gasteiger partial charge in [-0.15, -0.1) is 0 Å². The van der Waals surface area contributed by atoms with Gasteiger partial charge in [0.15, 0.2) is 0 Å². The highest BCUT2D eigenvalue weighted by Crippen LogP contribution is 2.18. The lowest BCUT2D eigenvalue weighted by Gasteiger charge is -2.25. The van der Waals surface area contributed by atoms with Gasteiger partial charge in [0.25, 0.3) is 5.91 Å². The smallest absolute Gasteiger partial charge is 0.270 e. The highest BCUT2D eigenvalue weighted by Gasteiger charge is 2.20. The van der Waals surface area contributed by atoms with Crippen LogP contribution in [0.4, 0.5) is 0 Å². The molecule has 3 heterocycles. The molecule has 3 aromatic heterocycles. The van der Waals surface area contributed by atoms with E-state index in [1.165, 1.54) is 0 Å². The fraction of sp³-hybridized carbons (Fsp3) is 0.333. The van der Waals surface area contributed by atoms with Gasteiger partial charge >= 0.3 is 0 Å². The van der Waals surface area contributed by atoms with Crippen molar-refractivity contribution in [3.63, 3.8) is 0 Å². The third kappa shape index (κ3) is 2.92. The van der Waals surface area contributed by atoms with Crippen LogP contribution in [0.2, 0.25) is 0 Å². The molecule has 3 rings (SSSR count). The van der Waals surface area contributed by atoms with Gasteiger partial charge in [-0.05, 0) is 45.3 Å². The third-order valence-electron chi connectivity index (χ3n) is 4.32. The number of fused-ring (bicyclic) bond motifs is 1. The number of aromatic nitrogens is 3. The maximum absolute atomic E-state index is 12.7. The largest absolute Gasteiger partial charge is 0.353 e. The van der Waals surface area contributed by atoms with Crippen LogP contribution < -0.4 is 5.32 Å². The zero-order chi connectivity index (χ0) is 17.3. The minimum Gasteiger partial charge on any atom is -0.353 e. The molecule has 126 valence electrons. The molecule has 0 unspecified atom stereocenters. The number of aryl methyl sites for hydroxylation is 2. The van der Waals surface area contributed by atoms with Gasteiger partial charge in [-0.3, -0.25) is 14.1 Å². The Labute approximate surface area is 141 Å². The average Bonchev–Trinajstić information content (AvgIpc) is 3.09. The molecule has 24 heavy (non-hydrogen) atoms. The minimum absolute atomic E-state index is 0.104. The monoisotopic (exact) mass is 325 g/mol. The molecule has 0 saturated heterocycles. The zero-order valence-corrected chi connectivity index (χ0v) is 14.5. The van der Waals surface area contributed by atoms with Gasteiger partial charge in [-0.2, -0.15) is 0 Å². The van der Waals surface area contributed by atoms with Gasteiger partial charge in [0.1, 0.15) is 11.3 Å². The molecular weight excluding hydrogens is 302 g/mol. The van der Waals surface area contributed by atoms with Gasteiger partial charge in [-0.25, -0.2) is 4.98 Å². The lowest BCUT2D eigenvalue weighted by atomic mass is 10.2. The second kappa shape index (κ2) is 6.49. The number of likely N-dealkylation sites (N-methyl/N-ethyl adjacent to an activating group) is 1. The van der Waals surface area contributed by atoms with Crippen LogP contribution in [0.3, 0.4) is 0 Å². The molecule has 0 radical (unpaired) electrons. The number of nitrogens with zero attached hydrogens (tertiary/aromatic N) is 4. The first-order valence-electron chi connectivity index (χ1n) is 7.98. The number of hydrogen-bond acceptors (Lipinski definition) is 3. The summed E-state index contributed by atoms with van der Waals surface area (Å²) in [6.45, 7) is 2.39. The highest BCUT2D eigenvalue weighted by atomic mass is 16.2. The van der Waals surface area contributed by atoms with Crippen molar-refractivity contribution >= 4 is 11.6 Å². The molecule has 0 aliphatic heterocycles. The van der Waals surface area contributed by atoms with Crippen LogP contribution in [0.25, 0.3) is 5.65 Å². The lowest BCUT2D eigenvalue weighted by Crippen LogP contribution is -2.36. The van der Waals surface area contributed by atoms with E-state index in [0.717, 1.165) is 17.0 Å². The van der Waals surface area contributed by atoms with E-state index in [-0.39, 0.29) is 11.9 Å². The van der Waals surface area contributed by atoms with Gasteiger partial charge in [-0.1, -0.05) is 6.07 Å². The van der Waals surface area contributed by atoms with Gasteiger partial charge in [0.2, 0.25) is 0 Å². The Morgan fingerprint density at radius 2 is 2.04 bits per heavy atom. The molecule has 0 aliphatic carbocycles. The van der Waals surface area contributed by atoms with E-state index in [1.54, 1.807) is 0 Å². The topological polar surface area (TPSA) is 54.6 Å². The summed E-state index contributed by atoms with van der Waals surface area (Å²) < 4.78 is 3.91. The predicted molar refractivity (Wildman–Crippen MR) is 94.1 cm³/mol. The molecule has 6 nitrogen and oxygen atoms in total. The molecule has 0 spiro atoms. The van der Waals surface area contributed by atoms with E-state index < -0.39 is 0 Å². The summed E-state index contributed by atoms with van der Waals surface area (Å²) in [7, 11) is 6.05. The van der Waals surface area contributed by atoms with Crippen LogP contribution in [-0.2, 0) is 7.05 Å². The summed E-state index contributed by atoms with van der Waals surface area (Å²) in [4.78, 5) is 19.3. The number of hydrogen-bond donors (Lipinski definition) is 1. The quantitative estimate of drug-likeness (QED) is 0.781. The molecule has 6 heteroatoms. The minimum atomic E-state index is -0.104. The Hall–Kier alpha value is -2.60. The maximum atomic E-state index is 12.7. The molecule has 0 aromatic carbocycles. The van der Waals surface area contributed by atoms with Crippen molar-refractivity contribution < 1.29 is 4.79 Å². The lowest BCUT2D eigenvalue weighted by molar-refractivity contribution is 0.0934. The Morgan fingerprint density at radius 3 is 2.71 bits per heavy atom. The van der Waals surface area contributed by atoms with Crippen LogP contribution in [0.15, 0.2) is 42.7 Å². The summed E-state index contributed by atoms with van der Waals surface area (Å²) >= 11 is 0. The number of rotatable bonds is 5. The number of pyridine rings is 1. The summed E-state index contributed by atoms with van der Waals surface area (Å²) in [6.07, 6.45) is 3.88. The van der Waals surface area contributed by atoms with E-state index in [9.17, 15) is 4.79 Å². The Kier molecular flexibility index (Phi) is 4.40. The van der Waals surface area contributed by atoms with Crippen molar-refractivity contribution in [3.05, 3.63) is 59.8 Å². The number of carbonyl (C=O) groups is 1. The number of nitrogens with one attached hydrogen (secondary N) is 1. The Bertz CT molecular complexity index is 861. The predicted octanol–water partition coefficient (Wildman–Crippen LogP) is 2.01. The first-order chi connectivity index (χ1) is 11.5. The molecule has 0 bridgehead atoms. The molecule has 0 aliphatic rings. The molecule has 0 fully saturated rings. The van der Waals surface area contributed by atoms with E-state index in [4.69, 9.17) is 0 Å². The number of imidazole rings is 1. The Balaban J connectivity index is 1.81. The van der Waals surface area contributed by atoms with Crippen molar-refractivity contribution in [1.82, 2.24) is 24.2 Å². The van der Waals surface area contributed by atoms with E-state index >= 15 is 0 Å².